The van der Waals surface area contributed by atoms with Crippen LogP contribution in [-0.2, 0) is 14.4 Å². The lowest BCUT2D eigenvalue weighted by Crippen LogP contribution is -2.42. The van der Waals surface area contributed by atoms with Gasteiger partial charge in [0.15, 0.2) is 0 Å². The summed E-state index contributed by atoms with van der Waals surface area (Å²) in [4.78, 5) is 60.5. The molecule has 3 fully saturated rings. The molecule has 2 saturated carbocycles. The van der Waals surface area contributed by atoms with Crippen LogP contribution in [0.2, 0.25) is 0 Å². The molecule has 1 saturated heterocycles. The molecule has 7 rings (SSSR count). The molecule has 2 bridgehead atoms. The zero-order chi connectivity index (χ0) is 29.3. The highest BCUT2D eigenvalue weighted by molar-refractivity contribution is 8.00. The number of nitrogens with zero attached hydrogens (tertiary/aromatic N) is 2. The lowest BCUT2D eigenvalue weighted by Gasteiger charge is -2.43. The van der Waals surface area contributed by atoms with Gasteiger partial charge >= 0.3 is 4.87 Å². The standard InChI is InChI=1S/C32H34N4O4S2/c1-4-35(5-2)19-12-8-17(9-13-19)23-24-20-14-21(27(24)41-29-28(23)42-32(40)34-29)26-25(20)30(38)36(31(26)39)15-22(37)33-18-10-6-16(3)7-11-18/h6-13,20-21,23-27H,4-5,14-15H2,1-3H3,(H,33,37)(H,34,40)/t20?,21?,23-,24?,25?,26?,27?/m1/s1. The molecule has 10 heteroatoms. The molecule has 3 heterocycles. The normalized spacial score (nSPS) is 28.9. The molecule has 2 aliphatic heterocycles. The summed E-state index contributed by atoms with van der Waals surface area (Å²) in [6.07, 6.45) is 0.825. The number of rotatable bonds is 7. The number of carbonyl (C=O) groups excluding carboxylic acids is 3. The minimum Gasteiger partial charge on any atom is -0.372 e. The molecule has 0 spiro atoms. The molecule has 4 aliphatic rings. The number of aromatic amines is 1. The predicted molar refractivity (Wildman–Crippen MR) is 165 cm³/mol. The van der Waals surface area contributed by atoms with Gasteiger partial charge in [0.1, 0.15) is 6.54 Å². The number of likely N-dealkylation sites (tertiary alicyclic amines) is 1. The van der Waals surface area contributed by atoms with Crippen LogP contribution in [0.5, 0.6) is 0 Å². The predicted octanol–water partition coefficient (Wildman–Crippen LogP) is 4.70. The quantitative estimate of drug-likeness (QED) is 0.380. The molecule has 42 heavy (non-hydrogen) atoms. The fourth-order valence-corrected chi connectivity index (χ4v) is 11.0. The molecule has 218 valence electrons. The third-order valence-electron chi connectivity index (χ3n) is 9.83. The third kappa shape index (κ3) is 4.25. The maximum Gasteiger partial charge on any atom is 0.305 e. The van der Waals surface area contributed by atoms with Crippen LogP contribution in [0.1, 0.15) is 42.2 Å². The zero-order valence-electron chi connectivity index (χ0n) is 23.8. The number of aromatic nitrogens is 1. The molecule has 2 aliphatic carbocycles. The molecule has 7 atom stereocenters. The van der Waals surface area contributed by atoms with Gasteiger partial charge in [0.05, 0.1) is 16.9 Å². The Balaban J connectivity index is 1.18. The van der Waals surface area contributed by atoms with Crippen LogP contribution < -0.4 is 15.1 Å². The number of thiazole rings is 1. The average molecular weight is 603 g/mol. The van der Waals surface area contributed by atoms with Crippen LogP contribution in [0.4, 0.5) is 11.4 Å². The number of amides is 3. The van der Waals surface area contributed by atoms with Gasteiger partial charge < -0.3 is 15.2 Å². The molecule has 3 aromatic rings. The Morgan fingerprint density at radius 3 is 2.31 bits per heavy atom. The van der Waals surface area contributed by atoms with E-state index in [0.29, 0.717) is 5.69 Å². The van der Waals surface area contributed by atoms with Gasteiger partial charge in [0, 0.05) is 40.5 Å². The Bertz CT molecular complexity index is 1610. The van der Waals surface area contributed by atoms with Crippen LogP contribution in [0, 0.1) is 36.5 Å². The molecule has 8 nitrogen and oxygen atoms in total. The first kappa shape index (κ1) is 27.5. The first-order valence-corrected chi connectivity index (χ1v) is 16.4. The Morgan fingerprint density at radius 1 is 0.976 bits per heavy atom. The number of H-pyrrole nitrogens is 1. The van der Waals surface area contributed by atoms with E-state index < -0.39 is 11.8 Å². The smallest absolute Gasteiger partial charge is 0.305 e. The van der Waals surface area contributed by atoms with Crippen molar-refractivity contribution in [1.29, 1.82) is 0 Å². The Labute approximate surface area is 252 Å². The molecule has 0 radical (unpaired) electrons. The van der Waals surface area contributed by atoms with Gasteiger partial charge in [-0.3, -0.25) is 24.1 Å². The highest BCUT2D eigenvalue weighted by Crippen LogP contribution is 2.68. The number of nitrogens with one attached hydrogen (secondary N) is 2. The van der Waals surface area contributed by atoms with Crippen molar-refractivity contribution in [3.05, 3.63) is 74.2 Å². The number of hydrogen-bond donors (Lipinski definition) is 2. The Kier molecular flexibility index (Phi) is 6.81. The number of hydrogen-bond acceptors (Lipinski definition) is 7. The minimum absolute atomic E-state index is 0.0151. The lowest BCUT2D eigenvalue weighted by atomic mass is 9.68. The summed E-state index contributed by atoms with van der Waals surface area (Å²) in [6.45, 7) is 7.84. The van der Waals surface area contributed by atoms with E-state index in [9.17, 15) is 19.2 Å². The van der Waals surface area contributed by atoms with Gasteiger partial charge in [-0.2, -0.15) is 0 Å². The number of benzene rings is 2. The van der Waals surface area contributed by atoms with Crippen LogP contribution in [-0.4, -0.2) is 52.5 Å². The van der Waals surface area contributed by atoms with Crippen LogP contribution in [0.3, 0.4) is 0 Å². The summed E-state index contributed by atoms with van der Waals surface area (Å²) in [5, 5.41) is 3.86. The maximum absolute atomic E-state index is 13.8. The summed E-state index contributed by atoms with van der Waals surface area (Å²) in [5.74, 6) is -1.44. The fourth-order valence-electron chi connectivity index (χ4n) is 8.07. The largest absolute Gasteiger partial charge is 0.372 e. The number of anilines is 2. The van der Waals surface area contributed by atoms with Crippen LogP contribution >= 0.6 is 23.1 Å². The van der Waals surface area contributed by atoms with E-state index in [0.717, 1.165) is 46.2 Å². The van der Waals surface area contributed by atoms with Gasteiger partial charge in [0.2, 0.25) is 17.7 Å². The first-order chi connectivity index (χ1) is 20.3. The van der Waals surface area contributed by atoms with Gasteiger partial charge in [-0.1, -0.05) is 41.2 Å². The minimum atomic E-state index is -0.411. The second-order valence-electron chi connectivity index (χ2n) is 11.9. The molecule has 2 N–H and O–H groups in total. The van der Waals surface area contributed by atoms with E-state index >= 15 is 0 Å². The van der Waals surface area contributed by atoms with Gasteiger partial charge in [-0.25, -0.2) is 0 Å². The molecule has 1 aromatic heterocycles. The third-order valence-corrected chi connectivity index (χ3v) is 12.4. The highest BCUT2D eigenvalue weighted by Gasteiger charge is 2.69. The van der Waals surface area contributed by atoms with Crippen molar-refractivity contribution in [1.82, 2.24) is 9.88 Å². The summed E-state index contributed by atoms with van der Waals surface area (Å²) >= 11 is 2.95. The highest BCUT2D eigenvalue weighted by atomic mass is 32.2. The average Bonchev–Trinajstić information content (AvgIpc) is 3.71. The van der Waals surface area contributed by atoms with E-state index in [4.69, 9.17) is 0 Å². The lowest BCUT2D eigenvalue weighted by molar-refractivity contribution is -0.143. The summed E-state index contributed by atoms with van der Waals surface area (Å²) in [7, 11) is 0. The van der Waals surface area contributed by atoms with Crippen molar-refractivity contribution < 1.29 is 14.4 Å². The molecule has 2 aromatic carbocycles. The van der Waals surface area contributed by atoms with Crippen molar-refractivity contribution >= 4 is 52.2 Å². The van der Waals surface area contributed by atoms with Crippen LogP contribution in [0.15, 0.2) is 58.4 Å². The maximum atomic E-state index is 13.8. The van der Waals surface area contributed by atoms with Crippen molar-refractivity contribution in [3.8, 4) is 0 Å². The Hall–Kier alpha value is -3.37. The van der Waals surface area contributed by atoms with Crippen LogP contribution in [0.25, 0.3) is 0 Å². The summed E-state index contributed by atoms with van der Waals surface area (Å²) < 4.78 is 0. The van der Waals surface area contributed by atoms with Gasteiger partial charge in [0.25, 0.3) is 0 Å². The van der Waals surface area contributed by atoms with E-state index in [1.54, 1.807) is 11.8 Å². The second kappa shape index (κ2) is 10.4. The fraction of sp³-hybridized carbons (Fsp3) is 0.438. The Morgan fingerprint density at radius 2 is 1.64 bits per heavy atom. The number of carbonyl (C=O) groups is 3. The summed E-state index contributed by atoms with van der Waals surface area (Å²) in [6, 6.07) is 16.1. The van der Waals surface area contributed by atoms with Gasteiger partial charge in [-0.15, -0.1) is 11.8 Å². The number of thioether (sulfide) groups is 1. The molecular weight excluding hydrogens is 569 g/mol. The number of fused-ring (bicyclic) bond motifs is 9. The second-order valence-corrected chi connectivity index (χ2v) is 14.1. The number of imide groups is 1. The van der Waals surface area contributed by atoms with E-state index in [2.05, 4.69) is 53.3 Å². The van der Waals surface area contributed by atoms with E-state index in [1.165, 1.54) is 16.2 Å². The molecule has 6 unspecified atom stereocenters. The monoisotopic (exact) mass is 602 g/mol. The topological polar surface area (TPSA) is 103 Å². The molecular formula is C32H34N4O4S2. The molecule has 3 amide bonds. The van der Waals surface area contributed by atoms with Crippen molar-refractivity contribution in [2.45, 2.75) is 43.4 Å². The number of aryl methyl sites for hydroxylation is 1. The zero-order valence-corrected chi connectivity index (χ0v) is 25.5. The van der Waals surface area contributed by atoms with Gasteiger partial charge in [-0.05, 0) is 74.8 Å². The van der Waals surface area contributed by atoms with Crippen molar-refractivity contribution in [3.63, 3.8) is 0 Å². The van der Waals surface area contributed by atoms with E-state index in [-0.39, 0.29) is 58.1 Å². The first-order valence-electron chi connectivity index (χ1n) is 14.7. The van der Waals surface area contributed by atoms with Crippen molar-refractivity contribution in [2.75, 3.05) is 29.9 Å². The van der Waals surface area contributed by atoms with Crippen molar-refractivity contribution in [2.24, 2.45) is 29.6 Å². The van der Waals surface area contributed by atoms with E-state index in [1.807, 2.05) is 31.2 Å². The SMILES string of the molecule is CCN(CC)c1ccc([C@H]2c3sc(=O)[nH]c3SC3C4CC(C5C(=O)N(CC(=O)Nc6ccc(C)cc6)C(=O)C45)C32)cc1. The summed E-state index contributed by atoms with van der Waals surface area (Å²) in [5.41, 5.74) is 4.03.